The summed E-state index contributed by atoms with van der Waals surface area (Å²) < 4.78 is 0. The predicted molar refractivity (Wildman–Crippen MR) is 164 cm³/mol. The maximum absolute atomic E-state index is 4.71. The van der Waals surface area contributed by atoms with Gasteiger partial charge in [-0.05, 0) is 71.1 Å². The Hall–Kier alpha value is -4.26. The van der Waals surface area contributed by atoms with Crippen molar-refractivity contribution in [3.63, 3.8) is 0 Å². The molecule has 0 radical (unpaired) electrons. The topological polar surface area (TPSA) is 58.0 Å². The molecule has 0 amide bonds. The lowest BCUT2D eigenvalue weighted by Gasteiger charge is -2.24. The van der Waals surface area contributed by atoms with Crippen LogP contribution in [0.25, 0.3) is 11.1 Å². The third-order valence-corrected chi connectivity index (χ3v) is 6.85. The molecule has 0 fully saturated rings. The first-order valence-electron chi connectivity index (χ1n) is 14.3. The van der Waals surface area contributed by atoms with Crippen molar-refractivity contribution in [3.05, 3.63) is 144 Å². The van der Waals surface area contributed by atoms with Gasteiger partial charge in [0.2, 0.25) is 0 Å². The summed E-state index contributed by atoms with van der Waals surface area (Å²) in [5, 5.41) is 0. The first-order valence-corrected chi connectivity index (χ1v) is 14.3. The summed E-state index contributed by atoms with van der Waals surface area (Å²) >= 11 is 0. The number of hydrogen-bond acceptors (Lipinski definition) is 6. The predicted octanol–water partition coefficient (Wildman–Crippen LogP) is 6.79. The summed E-state index contributed by atoms with van der Waals surface area (Å²) in [5.74, 6) is 0.560. The molecule has 0 atom stereocenters. The highest BCUT2D eigenvalue weighted by molar-refractivity contribution is 5.63. The Bertz CT molecular complexity index is 1420. The number of hydrogen-bond donors (Lipinski definition) is 0. The van der Waals surface area contributed by atoms with E-state index in [-0.39, 0.29) is 0 Å². The number of benzene rings is 1. The minimum Gasteiger partial charge on any atom is -0.291 e. The van der Waals surface area contributed by atoms with Gasteiger partial charge in [-0.25, -0.2) is 0 Å². The molecule has 1 aromatic carbocycles. The van der Waals surface area contributed by atoms with Gasteiger partial charge in [0.25, 0.3) is 0 Å². The fourth-order valence-corrected chi connectivity index (χ4v) is 5.07. The zero-order valence-corrected chi connectivity index (χ0v) is 24.0. The van der Waals surface area contributed by atoms with Gasteiger partial charge in [0, 0.05) is 64.1 Å². The van der Waals surface area contributed by atoms with Gasteiger partial charge in [0.05, 0.1) is 22.8 Å². The SMILES string of the molecule is CC(C)CN(Cc1ccccn1)Cc1cc(-c2ccc(CN(Cc3ccccn3)Cc3ccccn3)cc2)ccn1. The second-order valence-corrected chi connectivity index (χ2v) is 10.9. The van der Waals surface area contributed by atoms with Gasteiger partial charge in [-0.15, -0.1) is 0 Å². The van der Waals surface area contributed by atoms with E-state index in [9.17, 15) is 0 Å². The number of aromatic nitrogens is 4. The van der Waals surface area contributed by atoms with E-state index in [1.54, 1.807) is 0 Å². The highest BCUT2D eigenvalue weighted by Gasteiger charge is 2.13. The molecular formula is C35H38N6. The molecule has 0 bridgehead atoms. The average molecular weight is 543 g/mol. The fraction of sp³-hybridized carbons (Fsp3) is 0.257. The van der Waals surface area contributed by atoms with Gasteiger partial charge in [-0.2, -0.15) is 0 Å². The van der Waals surface area contributed by atoms with Crippen LogP contribution in [-0.4, -0.2) is 36.3 Å². The normalized spacial score (nSPS) is 11.4. The molecule has 6 heteroatoms. The van der Waals surface area contributed by atoms with Gasteiger partial charge in [0.15, 0.2) is 0 Å². The van der Waals surface area contributed by atoms with Crippen LogP contribution >= 0.6 is 0 Å². The van der Waals surface area contributed by atoms with E-state index in [0.717, 1.165) is 62.0 Å². The van der Waals surface area contributed by atoms with E-state index < -0.39 is 0 Å². The van der Waals surface area contributed by atoms with Crippen LogP contribution in [-0.2, 0) is 32.7 Å². The fourth-order valence-electron chi connectivity index (χ4n) is 5.07. The highest BCUT2D eigenvalue weighted by Crippen LogP contribution is 2.22. The molecule has 4 aromatic heterocycles. The molecule has 0 saturated heterocycles. The van der Waals surface area contributed by atoms with E-state index in [1.807, 2.05) is 55.1 Å². The summed E-state index contributed by atoms with van der Waals surface area (Å²) in [6, 6.07) is 31.5. The van der Waals surface area contributed by atoms with E-state index in [1.165, 1.54) is 16.7 Å². The molecular weight excluding hydrogens is 504 g/mol. The third kappa shape index (κ3) is 8.87. The van der Waals surface area contributed by atoms with E-state index >= 15 is 0 Å². The van der Waals surface area contributed by atoms with Crippen LogP contribution in [0.4, 0.5) is 0 Å². The molecule has 0 saturated carbocycles. The molecule has 6 nitrogen and oxygen atoms in total. The second kappa shape index (κ2) is 14.4. The summed E-state index contributed by atoms with van der Waals surface area (Å²) in [6.07, 6.45) is 7.50. The molecule has 208 valence electrons. The van der Waals surface area contributed by atoms with Crippen LogP contribution in [0.3, 0.4) is 0 Å². The Labute approximate surface area is 243 Å². The van der Waals surface area contributed by atoms with Gasteiger partial charge < -0.3 is 0 Å². The lowest BCUT2D eigenvalue weighted by molar-refractivity contribution is 0.222. The van der Waals surface area contributed by atoms with Crippen molar-refractivity contribution in [3.8, 4) is 11.1 Å². The van der Waals surface area contributed by atoms with E-state index in [0.29, 0.717) is 5.92 Å². The van der Waals surface area contributed by atoms with Crippen molar-refractivity contribution < 1.29 is 0 Å². The van der Waals surface area contributed by atoms with E-state index in [4.69, 9.17) is 4.98 Å². The highest BCUT2D eigenvalue weighted by atomic mass is 15.1. The van der Waals surface area contributed by atoms with Crippen LogP contribution in [0.2, 0.25) is 0 Å². The summed E-state index contributed by atoms with van der Waals surface area (Å²) in [5.41, 5.74) is 7.90. The maximum atomic E-state index is 4.71. The zero-order valence-electron chi connectivity index (χ0n) is 24.0. The van der Waals surface area contributed by atoms with Crippen LogP contribution in [0.1, 0.15) is 42.2 Å². The molecule has 4 heterocycles. The summed E-state index contributed by atoms with van der Waals surface area (Å²) in [7, 11) is 0. The van der Waals surface area contributed by atoms with E-state index in [2.05, 4.69) is 99.3 Å². The molecule has 0 spiro atoms. The zero-order chi connectivity index (χ0) is 28.3. The van der Waals surface area contributed by atoms with Gasteiger partial charge in [-0.3, -0.25) is 29.7 Å². The minimum absolute atomic E-state index is 0.560. The molecule has 0 N–H and O–H groups in total. The van der Waals surface area contributed by atoms with Crippen molar-refractivity contribution in [2.24, 2.45) is 5.92 Å². The molecule has 0 aliphatic heterocycles. The largest absolute Gasteiger partial charge is 0.291 e. The Morgan fingerprint density at radius 2 is 1.00 bits per heavy atom. The van der Waals surface area contributed by atoms with Gasteiger partial charge in [-0.1, -0.05) is 56.3 Å². The third-order valence-electron chi connectivity index (χ3n) is 6.85. The summed E-state index contributed by atoms with van der Waals surface area (Å²) in [6.45, 7) is 9.44. The quantitative estimate of drug-likeness (QED) is 0.163. The molecule has 41 heavy (non-hydrogen) atoms. The molecule has 0 unspecified atom stereocenters. The van der Waals surface area contributed by atoms with Crippen LogP contribution in [0.15, 0.2) is 116 Å². The first-order chi connectivity index (χ1) is 20.1. The van der Waals surface area contributed by atoms with Crippen molar-refractivity contribution in [2.75, 3.05) is 6.54 Å². The van der Waals surface area contributed by atoms with Crippen molar-refractivity contribution in [2.45, 2.75) is 46.6 Å². The van der Waals surface area contributed by atoms with Crippen LogP contribution in [0.5, 0.6) is 0 Å². The Morgan fingerprint density at radius 1 is 0.488 bits per heavy atom. The smallest absolute Gasteiger partial charge is 0.0550 e. The Kier molecular flexibility index (Phi) is 9.93. The number of nitrogens with zero attached hydrogens (tertiary/aromatic N) is 6. The van der Waals surface area contributed by atoms with Crippen molar-refractivity contribution in [1.29, 1.82) is 0 Å². The van der Waals surface area contributed by atoms with Gasteiger partial charge >= 0.3 is 0 Å². The Morgan fingerprint density at radius 3 is 1.51 bits per heavy atom. The Balaban J connectivity index is 1.28. The molecule has 0 aliphatic rings. The second-order valence-electron chi connectivity index (χ2n) is 10.9. The molecule has 0 aliphatic carbocycles. The van der Waals surface area contributed by atoms with Crippen LogP contribution < -0.4 is 0 Å². The minimum atomic E-state index is 0.560. The summed E-state index contributed by atoms with van der Waals surface area (Å²) in [4.78, 5) is 23.2. The first kappa shape index (κ1) is 28.3. The maximum Gasteiger partial charge on any atom is 0.0550 e. The number of rotatable bonds is 13. The van der Waals surface area contributed by atoms with Gasteiger partial charge in [0.1, 0.15) is 0 Å². The van der Waals surface area contributed by atoms with Crippen LogP contribution in [0, 0.1) is 5.92 Å². The van der Waals surface area contributed by atoms with Crippen molar-refractivity contribution >= 4 is 0 Å². The standard InChI is InChI=1S/C35H38N6/c1-28(2)22-40(24-32-9-3-6-17-36-32)27-35-21-31(16-20-39-35)30-14-12-29(13-15-30)23-41(25-33-10-4-7-18-37-33)26-34-11-5-8-19-38-34/h3-21,28H,22-27H2,1-2H3. The molecule has 5 aromatic rings. The molecule has 5 rings (SSSR count). The lowest BCUT2D eigenvalue weighted by atomic mass is 10.0. The monoisotopic (exact) mass is 542 g/mol. The lowest BCUT2D eigenvalue weighted by Crippen LogP contribution is -2.27. The average Bonchev–Trinajstić information content (AvgIpc) is 2.99. The van der Waals surface area contributed by atoms with Crippen molar-refractivity contribution in [1.82, 2.24) is 29.7 Å². The number of pyridine rings is 4.